The summed E-state index contributed by atoms with van der Waals surface area (Å²) >= 11 is 1.34. The summed E-state index contributed by atoms with van der Waals surface area (Å²) in [7, 11) is 0. The van der Waals surface area contributed by atoms with Crippen molar-refractivity contribution in [2.24, 2.45) is 11.7 Å². The fourth-order valence-corrected chi connectivity index (χ4v) is 6.56. The minimum Gasteiger partial charge on any atom is -0.398 e. The van der Waals surface area contributed by atoms with Crippen LogP contribution in [-0.2, 0) is 9.59 Å². The van der Waals surface area contributed by atoms with Crippen molar-refractivity contribution in [2.75, 3.05) is 18.8 Å². The van der Waals surface area contributed by atoms with Crippen LogP contribution < -0.4 is 17.0 Å². The molecule has 1 saturated heterocycles. The SMILES string of the molecule is CCCCC(Sc1nc2ccccc2c(=O)n1-c1cccc(-c2ccccc2N)c1)C(=O)N1CCC(C(N)=O)CC1. The smallest absolute Gasteiger partial charge is 0.266 e. The van der Waals surface area contributed by atoms with Crippen molar-refractivity contribution >= 4 is 40.2 Å². The molecule has 5 rings (SSSR count). The Hall–Kier alpha value is -4.11. The predicted molar refractivity (Wildman–Crippen MR) is 165 cm³/mol. The number of unbranched alkanes of at least 4 members (excludes halogenated alkanes) is 1. The summed E-state index contributed by atoms with van der Waals surface area (Å²) in [4.78, 5) is 46.2. The largest absolute Gasteiger partial charge is 0.398 e. The highest BCUT2D eigenvalue weighted by Gasteiger charge is 2.31. The molecule has 4 aromatic rings. The Labute approximate surface area is 243 Å². The molecule has 4 N–H and O–H groups in total. The van der Waals surface area contributed by atoms with Crippen LogP contribution in [0.15, 0.2) is 82.7 Å². The van der Waals surface area contributed by atoms with Crippen molar-refractivity contribution in [3.63, 3.8) is 0 Å². The van der Waals surface area contributed by atoms with Gasteiger partial charge in [0.2, 0.25) is 11.8 Å². The predicted octanol–water partition coefficient (Wildman–Crippen LogP) is 5.01. The first-order valence-electron chi connectivity index (χ1n) is 14.1. The standard InChI is InChI=1S/C32H35N5O3S/c1-2-3-15-28(31(40)36-18-16-21(17-19-36)29(34)38)41-32-35-27-14-7-5-12-25(27)30(39)37(32)23-10-8-9-22(20-23)24-11-4-6-13-26(24)33/h4-14,20-21,28H,2-3,15-19,33H2,1H3,(H2,34,38). The van der Waals surface area contributed by atoms with Crippen LogP contribution in [0.4, 0.5) is 5.69 Å². The first-order chi connectivity index (χ1) is 19.9. The molecule has 8 nitrogen and oxygen atoms in total. The fourth-order valence-electron chi connectivity index (χ4n) is 5.33. The molecule has 1 aliphatic rings. The van der Waals surface area contributed by atoms with Crippen molar-refractivity contribution in [3.8, 4) is 16.8 Å². The maximum Gasteiger partial charge on any atom is 0.266 e. The second-order valence-corrected chi connectivity index (χ2v) is 11.6. The Morgan fingerprint density at radius 2 is 1.76 bits per heavy atom. The van der Waals surface area contributed by atoms with Gasteiger partial charge in [0.05, 0.1) is 21.8 Å². The summed E-state index contributed by atoms with van der Waals surface area (Å²) in [5, 5.41) is 0.548. The number of benzene rings is 3. The highest BCUT2D eigenvalue weighted by Crippen LogP contribution is 2.32. The lowest BCUT2D eigenvalue weighted by Gasteiger charge is -2.33. The quantitative estimate of drug-likeness (QED) is 0.166. The Morgan fingerprint density at radius 3 is 2.49 bits per heavy atom. The number of carbonyl (C=O) groups is 2. The summed E-state index contributed by atoms with van der Waals surface area (Å²) in [6, 6.07) is 22.6. The number of primary amides is 1. The summed E-state index contributed by atoms with van der Waals surface area (Å²) in [5.41, 5.74) is 15.2. The first-order valence-corrected chi connectivity index (χ1v) is 15.0. The number of para-hydroxylation sites is 2. The van der Waals surface area contributed by atoms with Gasteiger partial charge in [-0.3, -0.25) is 19.0 Å². The number of hydrogen-bond acceptors (Lipinski definition) is 6. The van der Waals surface area contributed by atoms with Crippen LogP contribution in [0, 0.1) is 5.92 Å². The van der Waals surface area contributed by atoms with Gasteiger partial charge in [-0.15, -0.1) is 0 Å². The summed E-state index contributed by atoms with van der Waals surface area (Å²) in [5.74, 6) is -0.497. The molecule has 9 heteroatoms. The number of rotatable bonds is 9. The van der Waals surface area contributed by atoms with E-state index >= 15 is 0 Å². The number of nitrogen functional groups attached to an aromatic ring is 1. The molecule has 0 bridgehead atoms. The number of thioether (sulfide) groups is 1. The number of amides is 2. The number of hydrogen-bond donors (Lipinski definition) is 2. The molecule has 2 heterocycles. The van der Waals surface area contributed by atoms with Gasteiger partial charge < -0.3 is 16.4 Å². The normalized spacial score (nSPS) is 14.7. The van der Waals surface area contributed by atoms with E-state index in [1.807, 2.05) is 71.6 Å². The molecule has 212 valence electrons. The second kappa shape index (κ2) is 12.6. The third-order valence-electron chi connectivity index (χ3n) is 7.67. The molecule has 1 aliphatic heterocycles. The molecule has 0 saturated carbocycles. The van der Waals surface area contributed by atoms with Gasteiger partial charge in [-0.1, -0.05) is 74.0 Å². The van der Waals surface area contributed by atoms with Crippen LogP contribution in [0.5, 0.6) is 0 Å². The van der Waals surface area contributed by atoms with E-state index < -0.39 is 5.25 Å². The van der Waals surface area contributed by atoms with Gasteiger partial charge in [0, 0.05) is 30.3 Å². The zero-order valence-electron chi connectivity index (χ0n) is 23.2. The lowest BCUT2D eigenvalue weighted by Crippen LogP contribution is -2.45. The zero-order valence-corrected chi connectivity index (χ0v) is 24.0. The number of piperidine rings is 1. The topological polar surface area (TPSA) is 124 Å². The average molecular weight is 570 g/mol. The minimum absolute atomic E-state index is 0.00568. The number of nitrogens with zero attached hydrogens (tertiary/aromatic N) is 3. The Kier molecular flexibility index (Phi) is 8.73. The van der Waals surface area contributed by atoms with E-state index in [1.54, 1.807) is 10.6 Å². The third kappa shape index (κ3) is 6.15. The van der Waals surface area contributed by atoms with E-state index in [1.165, 1.54) is 11.8 Å². The van der Waals surface area contributed by atoms with Crippen LogP contribution >= 0.6 is 11.8 Å². The maximum atomic E-state index is 14.0. The molecule has 0 radical (unpaired) electrons. The third-order valence-corrected chi connectivity index (χ3v) is 8.88. The van der Waals surface area contributed by atoms with Gasteiger partial charge in [0.1, 0.15) is 0 Å². The van der Waals surface area contributed by atoms with Crippen molar-refractivity contribution in [1.82, 2.24) is 14.5 Å². The van der Waals surface area contributed by atoms with Gasteiger partial charge in [-0.25, -0.2) is 4.98 Å². The number of nitrogens with two attached hydrogens (primary N) is 2. The lowest BCUT2D eigenvalue weighted by molar-refractivity contribution is -0.134. The number of anilines is 1. The van der Waals surface area contributed by atoms with Crippen LogP contribution in [0.25, 0.3) is 27.7 Å². The molecular weight excluding hydrogens is 534 g/mol. The lowest BCUT2D eigenvalue weighted by atomic mass is 9.96. The second-order valence-electron chi connectivity index (χ2n) is 10.4. The highest BCUT2D eigenvalue weighted by atomic mass is 32.2. The van der Waals surface area contributed by atoms with E-state index in [2.05, 4.69) is 6.92 Å². The number of carbonyl (C=O) groups excluding carboxylic acids is 2. The van der Waals surface area contributed by atoms with Crippen molar-refractivity contribution in [3.05, 3.63) is 83.2 Å². The van der Waals surface area contributed by atoms with Gasteiger partial charge in [0.15, 0.2) is 5.16 Å². The molecule has 1 unspecified atom stereocenters. The monoisotopic (exact) mass is 569 g/mol. The van der Waals surface area contributed by atoms with Gasteiger partial charge in [0.25, 0.3) is 5.56 Å². The van der Waals surface area contributed by atoms with Crippen LogP contribution in [0.1, 0.15) is 39.0 Å². The zero-order chi connectivity index (χ0) is 28.9. The fraction of sp³-hybridized carbons (Fsp3) is 0.312. The molecule has 2 amide bonds. The Bertz CT molecular complexity index is 1630. The van der Waals surface area contributed by atoms with E-state index in [-0.39, 0.29) is 23.3 Å². The molecule has 3 aromatic carbocycles. The van der Waals surface area contributed by atoms with Gasteiger partial charge in [-0.2, -0.15) is 0 Å². The van der Waals surface area contributed by atoms with Crippen LogP contribution in [0.3, 0.4) is 0 Å². The minimum atomic E-state index is -0.424. The molecule has 0 spiro atoms. The van der Waals surface area contributed by atoms with E-state index in [9.17, 15) is 14.4 Å². The summed E-state index contributed by atoms with van der Waals surface area (Å²) in [6.45, 7) is 3.08. The van der Waals surface area contributed by atoms with Crippen molar-refractivity contribution in [1.29, 1.82) is 0 Å². The first kappa shape index (κ1) is 28.4. The van der Waals surface area contributed by atoms with Crippen LogP contribution in [-0.4, -0.2) is 44.6 Å². The van der Waals surface area contributed by atoms with Gasteiger partial charge >= 0.3 is 0 Å². The molecule has 1 atom stereocenters. The van der Waals surface area contributed by atoms with E-state index in [0.29, 0.717) is 59.8 Å². The summed E-state index contributed by atoms with van der Waals surface area (Å²) in [6.07, 6.45) is 3.59. The Balaban J connectivity index is 1.56. The van der Waals surface area contributed by atoms with Crippen molar-refractivity contribution in [2.45, 2.75) is 49.4 Å². The molecular formula is C32H35N5O3S. The maximum absolute atomic E-state index is 14.0. The molecule has 1 aromatic heterocycles. The Morgan fingerprint density at radius 1 is 1.02 bits per heavy atom. The van der Waals surface area contributed by atoms with Crippen molar-refractivity contribution < 1.29 is 9.59 Å². The molecule has 1 fully saturated rings. The van der Waals surface area contributed by atoms with Crippen LogP contribution in [0.2, 0.25) is 0 Å². The summed E-state index contributed by atoms with van der Waals surface area (Å²) < 4.78 is 1.61. The molecule has 0 aliphatic carbocycles. The van der Waals surface area contributed by atoms with E-state index in [0.717, 1.165) is 24.0 Å². The van der Waals surface area contributed by atoms with E-state index in [4.69, 9.17) is 16.5 Å². The van der Waals surface area contributed by atoms with Gasteiger partial charge in [-0.05, 0) is 55.2 Å². The number of aromatic nitrogens is 2. The number of likely N-dealkylation sites (tertiary alicyclic amines) is 1. The highest BCUT2D eigenvalue weighted by molar-refractivity contribution is 8.00. The number of fused-ring (bicyclic) bond motifs is 1. The average Bonchev–Trinajstić information content (AvgIpc) is 2.99. The molecule has 41 heavy (non-hydrogen) atoms.